The molecule has 2 aliphatic heterocycles. The van der Waals surface area contributed by atoms with Crippen molar-refractivity contribution < 1.29 is 0 Å². The molecule has 1 aromatic heterocycles. The molecule has 0 saturated carbocycles. The number of aromatic amines is 1. The van der Waals surface area contributed by atoms with E-state index in [4.69, 9.17) is 0 Å². The van der Waals surface area contributed by atoms with Gasteiger partial charge in [0.1, 0.15) is 0 Å². The van der Waals surface area contributed by atoms with Crippen LogP contribution in [0.2, 0.25) is 0 Å². The molecule has 0 atom stereocenters. The van der Waals surface area contributed by atoms with E-state index in [-0.39, 0.29) is 0 Å². The van der Waals surface area contributed by atoms with Crippen LogP contribution in [0.3, 0.4) is 0 Å². The zero-order valence-electron chi connectivity index (χ0n) is 9.10. The SMILES string of the molecule is CSC1=C(SC)SC(=C2Sc3c[nH]cc3S2)S1. The summed E-state index contributed by atoms with van der Waals surface area (Å²) in [6.07, 6.45) is 8.49. The monoisotopic (exact) mass is 335 g/mol. The molecule has 17 heavy (non-hydrogen) atoms. The van der Waals surface area contributed by atoms with Crippen molar-refractivity contribution in [2.45, 2.75) is 9.79 Å². The van der Waals surface area contributed by atoms with Crippen LogP contribution in [0.1, 0.15) is 0 Å². The normalized spacial score (nSPS) is 19.4. The highest BCUT2D eigenvalue weighted by Crippen LogP contribution is 2.63. The first-order chi connectivity index (χ1) is 8.31. The van der Waals surface area contributed by atoms with Crippen molar-refractivity contribution in [1.29, 1.82) is 0 Å². The Morgan fingerprint density at radius 1 is 0.824 bits per heavy atom. The van der Waals surface area contributed by atoms with Crippen molar-refractivity contribution in [2.24, 2.45) is 0 Å². The summed E-state index contributed by atoms with van der Waals surface area (Å²) in [5, 5.41) is 0. The van der Waals surface area contributed by atoms with Crippen LogP contribution >= 0.6 is 70.6 Å². The van der Waals surface area contributed by atoms with Gasteiger partial charge in [0.15, 0.2) is 0 Å². The van der Waals surface area contributed by atoms with E-state index >= 15 is 0 Å². The first kappa shape index (κ1) is 12.9. The molecule has 0 aromatic carbocycles. The molecule has 0 bridgehead atoms. The van der Waals surface area contributed by atoms with Crippen LogP contribution in [-0.2, 0) is 0 Å². The summed E-state index contributed by atoms with van der Waals surface area (Å²) >= 11 is 11.3. The van der Waals surface area contributed by atoms with Gasteiger partial charge in [-0.05, 0) is 12.5 Å². The third-order valence-electron chi connectivity index (χ3n) is 2.15. The Morgan fingerprint density at radius 3 is 1.76 bits per heavy atom. The smallest absolute Gasteiger partial charge is 0.0717 e. The Balaban J connectivity index is 1.83. The molecule has 0 fully saturated rings. The molecule has 0 saturated heterocycles. The van der Waals surface area contributed by atoms with Gasteiger partial charge in [0, 0.05) is 22.2 Å². The molecule has 1 aromatic rings. The van der Waals surface area contributed by atoms with E-state index in [2.05, 4.69) is 29.9 Å². The van der Waals surface area contributed by atoms with Gasteiger partial charge in [0.25, 0.3) is 0 Å². The maximum absolute atomic E-state index is 3.15. The summed E-state index contributed by atoms with van der Waals surface area (Å²) in [4.78, 5) is 5.88. The molecule has 0 radical (unpaired) electrons. The van der Waals surface area contributed by atoms with E-state index < -0.39 is 0 Å². The molecule has 2 aliphatic rings. The van der Waals surface area contributed by atoms with Crippen LogP contribution in [-0.4, -0.2) is 17.5 Å². The molecule has 3 heterocycles. The van der Waals surface area contributed by atoms with Crippen molar-refractivity contribution >= 4 is 70.6 Å². The highest BCUT2D eigenvalue weighted by Gasteiger charge is 2.28. The highest BCUT2D eigenvalue weighted by molar-refractivity contribution is 8.41. The Bertz CT molecular complexity index is 474. The fourth-order valence-corrected chi connectivity index (χ4v) is 9.15. The minimum absolute atomic E-state index is 1.36. The number of fused-ring (bicyclic) bond motifs is 1. The molecule has 0 amide bonds. The van der Waals surface area contributed by atoms with E-state index in [1.165, 1.54) is 26.7 Å². The summed E-state index contributed by atoms with van der Waals surface area (Å²) < 4.78 is 5.79. The van der Waals surface area contributed by atoms with Crippen LogP contribution in [0.25, 0.3) is 0 Å². The lowest BCUT2D eigenvalue weighted by Gasteiger charge is -2.00. The maximum Gasteiger partial charge on any atom is 0.0717 e. The van der Waals surface area contributed by atoms with Crippen LogP contribution in [0, 0.1) is 0 Å². The number of aromatic nitrogens is 1. The Labute approximate surface area is 126 Å². The summed E-state index contributed by atoms with van der Waals surface area (Å²) in [6, 6.07) is 0. The first-order valence-corrected chi connectivity index (χ1v) is 10.5. The van der Waals surface area contributed by atoms with Gasteiger partial charge in [-0.15, -0.1) is 23.5 Å². The molecule has 3 rings (SSSR count). The van der Waals surface area contributed by atoms with Crippen molar-refractivity contribution in [1.82, 2.24) is 4.98 Å². The lowest BCUT2D eigenvalue weighted by atomic mass is 10.7. The fraction of sp³-hybridized carbons (Fsp3) is 0.200. The van der Waals surface area contributed by atoms with Crippen molar-refractivity contribution in [2.75, 3.05) is 12.5 Å². The number of hydrogen-bond donors (Lipinski definition) is 1. The maximum atomic E-state index is 3.15. The fourth-order valence-electron chi connectivity index (χ4n) is 1.40. The van der Waals surface area contributed by atoms with E-state index in [0.717, 1.165) is 0 Å². The molecular formula is C10H9NS6. The number of rotatable bonds is 2. The number of H-pyrrole nitrogens is 1. The topological polar surface area (TPSA) is 15.8 Å². The summed E-state index contributed by atoms with van der Waals surface area (Å²) in [5.74, 6) is 0. The lowest BCUT2D eigenvalue weighted by molar-refractivity contribution is 1.36. The predicted octanol–water partition coefficient (Wildman–Crippen LogP) is 5.67. The van der Waals surface area contributed by atoms with Gasteiger partial charge in [0.05, 0.1) is 16.9 Å². The van der Waals surface area contributed by atoms with Crippen LogP contribution in [0.5, 0.6) is 0 Å². The quantitative estimate of drug-likeness (QED) is 0.743. The molecular weight excluding hydrogens is 327 g/mol. The standard InChI is InChI=1S/C10H9NS6/c1-12-7-8(13-2)17-10(16-7)9-14-5-3-11-4-6(5)15-9/h3-4,11H,1-2H3. The van der Waals surface area contributed by atoms with Gasteiger partial charge < -0.3 is 4.98 Å². The minimum atomic E-state index is 1.36. The third-order valence-corrected chi connectivity index (χ3v) is 10.4. The van der Waals surface area contributed by atoms with Crippen molar-refractivity contribution in [3.63, 3.8) is 0 Å². The second kappa shape index (κ2) is 5.46. The van der Waals surface area contributed by atoms with Crippen LogP contribution in [0.4, 0.5) is 0 Å². The molecule has 0 spiro atoms. The molecule has 0 aliphatic carbocycles. The molecule has 7 heteroatoms. The van der Waals surface area contributed by atoms with Crippen molar-refractivity contribution in [3.8, 4) is 0 Å². The number of nitrogens with one attached hydrogen (secondary N) is 1. The number of hydrogen-bond acceptors (Lipinski definition) is 6. The largest absolute Gasteiger partial charge is 0.366 e. The van der Waals surface area contributed by atoms with Crippen molar-refractivity contribution in [3.05, 3.63) is 29.3 Å². The van der Waals surface area contributed by atoms with Gasteiger partial charge in [0.2, 0.25) is 0 Å². The molecule has 0 unspecified atom stereocenters. The van der Waals surface area contributed by atoms with E-state index in [1.54, 1.807) is 0 Å². The minimum Gasteiger partial charge on any atom is -0.366 e. The number of thioether (sulfide) groups is 6. The van der Waals surface area contributed by atoms with Gasteiger partial charge in [-0.1, -0.05) is 47.0 Å². The Morgan fingerprint density at radius 2 is 1.29 bits per heavy atom. The highest BCUT2D eigenvalue weighted by atomic mass is 32.3. The molecule has 90 valence electrons. The van der Waals surface area contributed by atoms with Gasteiger partial charge in [-0.2, -0.15) is 0 Å². The zero-order chi connectivity index (χ0) is 11.8. The van der Waals surface area contributed by atoms with Gasteiger partial charge in [-0.25, -0.2) is 0 Å². The average Bonchev–Trinajstić information content (AvgIpc) is 3.00. The molecule has 1 N–H and O–H groups in total. The van der Waals surface area contributed by atoms with Gasteiger partial charge >= 0.3 is 0 Å². The van der Waals surface area contributed by atoms with E-state index in [0.29, 0.717) is 0 Å². The summed E-state index contributed by atoms with van der Waals surface area (Å²) in [7, 11) is 0. The summed E-state index contributed by atoms with van der Waals surface area (Å²) in [5.41, 5.74) is 0. The summed E-state index contributed by atoms with van der Waals surface area (Å²) in [6.45, 7) is 0. The average molecular weight is 336 g/mol. The second-order valence-corrected chi connectivity index (χ2v) is 9.96. The first-order valence-electron chi connectivity index (χ1n) is 4.76. The second-order valence-electron chi connectivity index (χ2n) is 3.15. The lowest BCUT2D eigenvalue weighted by Crippen LogP contribution is -1.67. The predicted molar refractivity (Wildman–Crippen MR) is 88.8 cm³/mol. The van der Waals surface area contributed by atoms with E-state index in [1.807, 2.05) is 70.6 Å². The Hall–Kier alpha value is 0.860. The zero-order valence-corrected chi connectivity index (χ0v) is 14.0. The third kappa shape index (κ3) is 2.47. The Kier molecular flexibility index (Phi) is 4.14. The van der Waals surface area contributed by atoms with E-state index in [9.17, 15) is 0 Å². The molecule has 1 nitrogen and oxygen atoms in total. The van der Waals surface area contributed by atoms with Crippen LogP contribution in [0.15, 0.2) is 39.1 Å². The van der Waals surface area contributed by atoms with Gasteiger partial charge in [-0.3, -0.25) is 0 Å². The van der Waals surface area contributed by atoms with Crippen LogP contribution < -0.4 is 0 Å².